The van der Waals surface area contributed by atoms with Crippen LogP contribution in [0.2, 0.25) is 0 Å². The highest BCUT2D eigenvalue weighted by Gasteiger charge is 2.03. The van der Waals surface area contributed by atoms with Crippen LogP contribution in [0.5, 0.6) is 0 Å². The highest BCUT2D eigenvalue weighted by molar-refractivity contribution is 5.90. The zero-order valence-electron chi connectivity index (χ0n) is 11.4. The number of aliphatic hydroxyl groups excluding tert-OH is 1. The van der Waals surface area contributed by atoms with Crippen LogP contribution in [0, 0.1) is 0 Å². The van der Waals surface area contributed by atoms with E-state index in [1.807, 2.05) is 0 Å². The van der Waals surface area contributed by atoms with E-state index >= 15 is 0 Å². The molecule has 0 unspecified atom stereocenters. The monoisotopic (exact) mass is 279 g/mol. The van der Waals surface area contributed by atoms with Crippen molar-refractivity contribution in [2.45, 2.75) is 32.3 Å². The summed E-state index contributed by atoms with van der Waals surface area (Å²) in [6.45, 7) is 0.492. The molecule has 0 aromatic heterocycles. The van der Waals surface area contributed by atoms with E-state index in [2.05, 4.69) is 10.6 Å². The molecule has 6 heteroatoms. The second kappa shape index (κ2) is 8.92. The third-order valence-corrected chi connectivity index (χ3v) is 2.77. The molecule has 0 aliphatic carbocycles. The molecule has 0 saturated carbocycles. The van der Waals surface area contributed by atoms with Crippen molar-refractivity contribution in [2.24, 2.45) is 5.73 Å². The first kappa shape index (κ1) is 16.0. The summed E-state index contributed by atoms with van der Waals surface area (Å²) >= 11 is 0. The minimum atomic E-state index is -0.522. The summed E-state index contributed by atoms with van der Waals surface area (Å²) in [6, 6.07) is 6.59. The van der Waals surface area contributed by atoms with Crippen LogP contribution in [0.25, 0.3) is 0 Å². The lowest BCUT2D eigenvalue weighted by molar-refractivity contribution is -0.116. The van der Waals surface area contributed by atoms with Gasteiger partial charge in [-0.1, -0.05) is 18.6 Å². The van der Waals surface area contributed by atoms with Gasteiger partial charge < -0.3 is 21.5 Å². The van der Waals surface area contributed by atoms with Gasteiger partial charge in [-0.2, -0.15) is 0 Å². The van der Waals surface area contributed by atoms with Crippen molar-refractivity contribution >= 4 is 17.6 Å². The number of hydrogen-bond acceptors (Lipinski definition) is 3. The number of anilines is 1. The number of unbranched alkanes of at least 4 members (excludes halogenated alkanes) is 2. The van der Waals surface area contributed by atoms with Gasteiger partial charge in [-0.3, -0.25) is 4.79 Å². The van der Waals surface area contributed by atoms with E-state index < -0.39 is 6.03 Å². The Hall–Kier alpha value is -2.08. The maximum absolute atomic E-state index is 11.7. The van der Waals surface area contributed by atoms with Crippen LogP contribution < -0.4 is 16.4 Å². The van der Waals surface area contributed by atoms with Gasteiger partial charge in [0.2, 0.25) is 5.91 Å². The Balaban J connectivity index is 2.18. The van der Waals surface area contributed by atoms with E-state index in [0.29, 0.717) is 18.7 Å². The van der Waals surface area contributed by atoms with Crippen molar-refractivity contribution in [3.05, 3.63) is 29.8 Å². The Morgan fingerprint density at radius 1 is 1.20 bits per heavy atom. The fourth-order valence-electron chi connectivity index (χ4n) is 1.77. The van der Waals surface area contributed by atoms with E-state index in [0.717, 1.165) is 24.8 Å². The number of benzene rings is 1. The molecule has 20 heavy (non-hydrogen) atoms. The van der Waals surface area contributed by atoms with E-state index in [4.69, 9.17) is 10.8 Å². The Bertz CT molecular complexity index is 449. The van der Waals surface area contributed by atoms with Gasteiger partial charge >= 0.3 is 6.03 Å². The molecular weight excluding hydrogens is 258 g/mol. The lowest BCUT2D eigenvalue weighted by atomic mass is 10.1. The van der Waals surface area contributed by atoms with E-state index in [-0.39, 0.29) is 12.5 Å². The molecule has 110 valence electrons. The fourth-order valence-corrected chi connectivity index (χ4v) is 1.77. The smallest absolute Gasteiger partial charge is 0.312 e. The number of carbonyl (C=O) groups is 2. The molecule has 0 heterocycles. The lowest BCUT2D eigenvalue weighted by Crippen LogP contribution is -2.29. The predicted molar refractivity (Wildman–Crippen MR) is 77.0 cm³/mol. The molecule has 0 spiro atoms. The second-order valence-corrected chi connectivity index (χ2v) is 4.51. The quantitative estimate of drug-likeness (QED) is 0.540. The zero-order chi connectivity index (χ0) is 14.8. The van der Waals surface area contributed by atoms with Gasteiger partial charge in [-0.05, 0) is 30.5 Å². The summed E-state index contributed by atoms with van der Waals surface area (Å²) in [5, 5.41) is 14.3. The molecule has 0 bridgehead atoms. The highest BCUT2D eigenvalue weighted by Crippen LogP contribution is 2.11. The Kier molecular flexibility index (Phi) is 7.13. The second-order valence-electron chi connectivity index (χ2n) is 4.51. The summed E-state index contributed by atoms with van der Waals surface area (Å²) in [7, 11) is 0. The van der Waals surface area contributed by atoms with Gasteiger partial charge in [0.1, 0.15) is 0 Å². The van der Waals surface area contributed by atoms with Crippen molar-refractivity contribution in [2.75, 3.05) is 11.9 Å². The average molecular weight is 279 g/mol. The molecule has 6 nitrogen and oxygen atoms in total. The summed E-state index contributed by atoms with van der Waals surface area (Å²) < 4.78 is 0. The normalized spacial score (nSPS) is 10.1. The van der Waals surface area contributed by atoms with E-state index in [1.165, 1.54) is 0 Å². The van der Waals surface area contributed by atoms with Crippen LogP contribution in [0.1, 0.15) is 31.2 Å². The zero-order valence-corrected chi connectivity index (χ0v) is 11.4. The molecule has 0 saturated heterocycles. The van der Waals surface area contributed by atoms with Crippen LogP contribution in [0.15, 0.2) is 24.3 Å². The Morgan fingerprint density at radius 2 is 2.00 bits per heavy atom. The van der Waals surface area contributed by atoms with Gasteiger partial charge in [0.15, 0.2) is 0 Å². The SMILES string of the molecule is NC(=O)NCCCCCC(=O)Nc1cccc(CO)c1. The number of primary amides is 1. The standard InChI is InChI=1S/C14H21N3O3/c15-14(20)16-8-3-1-2-7-13(19)17-12-6-4-5-11(9-12)10-18/h4-6,9,18H,1-3,7-8,10H2,(H,17,19)(H3,15,16,20). The van der Waals surface area contributed by atoms with Gasteiger partial charge in [0.25, 0.3) is 0 Å². The molecule has 1 rings (SSSR count). The van der Waals surface area contributed by atoms with Crippen LogP contribution in [-0.2, 0) is 11.4 Å². The number of rotatable bonds is 8. The molecule has 1 aromatic rings. The van der Waals surface area contributed by atoms with Crippen LogP contribution in [0.3, 0.4) is 0 Å². The Labute approximate surface area is 118 Å². The molecule has 0 atom stereocenters. The van der Waals surface area contributed by atoms with Crippen molar-refractivity contribution in [1.82, 2.24) is 5.32 Å². The van der Waals surface area contributed by atoms with Gasteiger partial charge in [0, 0.05) is 18.7 Å². The largest absolute Gasteiger partial charge is 0.392 e. The molecule has 0 aliphatic heterocycles. The maximum Gasteiger partial charge on any atom is 0.312 e. The molecule has 3 amide bonds. The number of hydrogen-bond donors (Lipinski definition) is 4. The first-order chi connectivity index (χ1) is 9.61. The van der Waals surface area contributed by atoms with Crippen molar-refractivity contribution < 1.29 is 14.7 Å². The topological polar surface area (TPSA) is 104 Å². The summed E-state index contributed by atoms with van der Waals surface area (Å²) in [5.74, 6) is -0.0528. The van der Waals surface area contributed by atoms with Crippen molar-refractivity contribution in [3.63, 3.8) is 0 Å². The maximum atomic E-state index is 11.7. The van der Waals surface area contributed by atoms with Crippen molar-refractivity contribution in [1.29, 1.82) is 0 Å². The predicted octanol–water partition coefficient (Wildman–Crippen LogP) is 1.35. The number of nitrogens with one attached hydrogen (secondary N) is 2. The van der Waals surface area contributed by atoms with Crippen LogP contribution in [0.4, 0.5) is 10.5 Å². The number of carbonyl (C=O) groups excluding carboxylic acids is 2. The summed E-state index contributed by atoms with van der Waals surface area (Å²) in [6.07, 6.45) is 2.84. The number of nitrogens with two attached hydrogens (primary N) is 1. The number of aliphatic hydroxyl groups is 1. The number of urea groups is 1. The van der Waals surface area contributed by atoms with Gasteiger partial charge in [-0.25, -0.2) is 4.79 Å². The number of amides is 3. The molecule has 1 aromatic carbocycles. The first-order valence-electron chi connectivity index (χ1n) is 6.65. The molecule has 0 aliphatic rings. The first-order valence-corrected chi connectivity index (χ1v) is 6.65. The lowest BCUT2D eigenvalue weighted by Gasteiger charge is -2.06. The third kappa shape index (κ3) is 6.75. The minimum absolute atomic E-state index is 0.0451. The van der Waals surface area contributed by atoms with Gasteiger partial charge in [-0.15, -0.1) is 0 Å². The van der Waals surface area contributed by atoms with Crippen LogP contribution >= 0.6 is 0 Å². The molecular formula is C14H21N3O3. The van der Waals surface area contributed by atoms with Crippen LogP contribution in [-0.4, -0.2) is 23.6 Å². The van der Waals surface area contributed by atoms with E-state index in [9.17, 15) is 9.59 Å². The Morgan fingerprint density at radius 3 is 2.70 bits per heavy atom. The molecule has 0 fully saturated rings. The minimum Gasteiger partial charge on any atom is -0.392 e. The van der Waals surface area contributed by atoms with E-state index in [1.54, 1.807) is 24.3 Å². The molecule has 0 radical (unpaired) electrons. The average Bonchev–Trinajstić information content (AvgIpc) is 2.42. The third-order valence-electron chi connectivity index (χ3n) is 2.77. The van der Waals surface area contributed by atoms with Gasteiger partial charge in [0.05, 0.1) is 6.61 Å². The summed E-state index contributed by atoms with van der Waals surface area (Å²) in [5.41, 5.74) is 6.39. The summed E-state index contributed by atoms with van der Waals surface area (Å²) in [4.78, 5) is 22.1. The highest BCUT2D eigenvalue weighted by atomic mass is 16.3. The fraction of sp³-hybridized carbons (Fsp3) is 0.429. The molecule has 5 N–H and O–H groups in total. The van der Waals surface area contributed by atoms with Crippen molar-refractivity contribution in [3.8, 4) is 0 Å².